The molecule has 0 aliphatic heterocycles. The number of fused-ring (bicyclic) bond motifs is 1. The monoisotopic (exact) mass is 424 g/mol. The van der Waals surface area contributed by atoms with Gasteiger partial charge in [-0.25, -0.2) is 9.97 Å². The summed E-state index contributed by atoms with van der Waals surface area (Å²) < 4.78 is 0. The van der Waals surface area contributed by atoms with Gasteiger partial charge in [-0.2, -0.15) is 0 Å². The van der Waals surface area contributed by atoms with Crippen LogP contribution in [0.4, 0.5) is 11.4 Å². The number of carbonyl (C=O) groups is 1. The molecule has 144 valence electrons. The number of halogens is 1. The zero-order valence-corrected chi connectivity index (χ0v) is 16.6. The van der Waals surface area contributed by atoms with Gasteiger partial charge in [-0.1, -0.05) is 35.1 Å². The quantitative estimate of drug-likeness (QED) is 0.345. The predicted molar refractivity (Wildman–Crippen MR) is 114 cm³/mol. The third-order valence-corrected chi connectivity index (χ3v) is 5.71. The third kappa shape index (κ3) is 3.67. The number of thiazole rings is 1. The van der Waals surface area contributed by atoms with Crippen LogP contribution in [0.5, 0.6) is 0 Å². The molecule has 4 aromatic rings. The number of hydrogen-bond donors (Lipinski definition) is 1. The molecule has 0 saturated carbocycles. The Bertz CT molecular complexity index is 1240. The number of nitro groups is 1. The number of hydrogen-bond acceptors (Lipinski definition) is 6. The molecule has 2 aromatic heterocycles. The van der Waals surface area contributed by atoms with Crippen molar-refractivity contribution >= 4 is 50.6 Å². The molecular weight excluding hydrogens is 412 g/mol. The first kappa shape index (κ1) is 19.0. The van der Waals surface area contributed by atoms with Crippen LogP contribution in [0.25, 0.3) is 20.9 Å². The Hall–Kier alpha value is -3.36. The lowest BCUT2D eigenvalue weighted by Crippen LogP contribution is -2.13. The molecule has 2 heterocycles. The van der Waals surface area contributed by atoms with E-state index >= 15 is 0 Å². The number of anilines is 1. The molecule has 0 bridgehead atoms. The Balaban J connectivity index is 1.65. The highest BCUT2D eigenvalue weighted by Gasteiger charge is 2.17. The van der Waals surface area contributed by atoms with E-state index in [2.05, 4.69) is 15.3 Å². The topological polar surface area (TPSA) is 98.0 Å². The minimum Gasteiger partial charge on any atom is -0.322 e. The lowest BCUT2D eigenvalue weighted by molar-refractivity contribution is -0.384. The summed E-state index contributed by atoms with van der Waals surface area (Å²) in [4.78, 5) is 32.7. The van der Waals surface area contributed by atoms with Gasteiger partial charge in [0, 0.05) is 29.6 Å². The molecule has 29 heavy (non-hydrogen) atoms. The fraction of sp³-hybridized carbons (Fsp3) is 0.0500. The second-order valence-electron chi connectivity index (χ2n) is 6.20. The third-order valence-electron chi connectivity index (χ3n) is 4.39. The molecule has 1 N–H and O–H groups in total. The van der Waals surface area contributed by atoms with E-state index in [0.717, 1.165) is 32.5 Å². The van der Waals surface area contributed by atoms with Crippen LogP contribution in [0.3, 0.4) is 0 Å². The summed E-state index contributed by atoms with van der Waals surface area (Å²) in [5.74, 6) is -0.448. The summed E-state index contributed by atoms with van der Waals surface area (Å²) in [6, 6.07) is 13.0. The van der Waals surface area contributed by atoms with Crippen LogP contribution in [-0.4, -0.2) is 20.8 Å². The van der Waals surface area contributed by atoms with Crippen molar-refractivity contribution in [3.8, 4) is 10.6 Å². The van der Waals surface area contributed by atoms with Crippen LogP contribution in [0.15, 0.2) is 54.7 Å². The molecule has 0 spiro atoms. The molecule has 1 amide bonds. The number of amides is 1. The molecule has 0 aliphatic rings. The van der Waals surface area contributed by atoms with E-state index in [9.17, 15) is 14.9 Å². The molecule has 7 nitrogen and oxygen atoms in total. The largest absolute Gasteiger partial charge is 0.322 e. The van der Waals surface area contributed by atoms with Crippen molar-refractivity contribution in [3.05, 3.63) is 81.0 Å². The summed E-state index contributed by atoms with van der Waals surface area (Å²) in [5.41, 5.74) is 3.15. The smallest absolute Gasteiger partial charge is 0.270 e. The molecule has 0 atom stereocenters. The summed E-state index contributed by atoms with van der Waals surface area (Å²) in [6.45, 7) is 1.89. The van der Waals surface area contributed by atoms with Crippen molar-refractivity contribution < 1.29 is 9.72 Å². The molecule has 0 aliphatic carbocycles. The summed E-state index contributed by atoms with van der Waals surface area (Å²) >= 11 is 7.54. The molecular formula is C20H13ClN4O3S. The average molecular weight is 425 g/mol. The van der Waals surface area contributed by atoms with Crippen molar-refractivity contribution in [3.63, 3.8) is 0 Å². The SMILES string of the molecule is Cc1c(NC(=O)c2ccc([N+](=O)[O-])cc2Cl)cccc1-c1nc2cccnc2s1. The Morgan fingerprint density at radius 1 is 1.21 bits per heavy atom. The van der Waals surface area contributed by atoms with Crippen LogP contribution in [0.2, 0.25) is 5.02 Å². The fourth-order valence-corrected chi connectivity index (χ4v) is 4.13. The predicted octanol–water partition coefficient (Wildman–Crippen LogP) is 5.48. The minimum absolute atomic E-state index is 0.0164. The van der Waals surface area contributed by atoms with E-state index in [4.69, 9.17) is 11.6 Å². The van der Waals surface area contributed by atoms with Crippen molar-refractivity contribution in [2.75, 3.05) is 5.32 Å². The standard InChI is InChI=1S/C20H13ClN4O3S/c1-11-13(19-24-17-6-3-9-22-20(17)29-19)4-2-5-16(11)23-18(26)14-8-7-12(25(27)28)10-15(14)21/h2-10H,1H3,(H,23,26). The van der Waals surface area contributed by atoms with Gasteiger partial charge >= 0.3 is 0 Å². The summed E-state index contributed by atoms with van der Waals surface area (Å²) in [7, 11) is 0. The highest BCUT2D eigenvalue weighted by atomic mass is 35.5. The Kier molecular flexibility index (Phi) is 4.96. The molecule has 0 fully saturated rings. The lowest BCUT2D eigenvalue weighted by Gasteiger charge is -2.12. The zero-order valence-electron chi connectivity index (χ0n) is 15.0. The highest BCUT2D eigenvalue weighted by Crippen LogP contribution is 2.34. The van der Waals surface area contributed by atoms with Gasteiger partial charge in [-0.15, -0.1) is 0 Å². The number of pyridine rings is 1. The van der Waals surface area contributed by atoms with Crippen LogP contribution in [-0.2, 0) is 0 Å². The maximum Gasteiger partial charge on any atom is 0.270 e. The molecule has 2 aromatic carbocycles. The van der Waals surface area contributed by atoms with Gasteiger partial charge < -0.3 is 5.32 Å². The van der Waals surface area contributed by atoms with Crippen molar-refractivity contribution in [1.29, 1.82) is 0 Å². The lowest BCUT2D eigenvalue weighted by atomic mass is 10.1. The van der Waals surface area contributed by atoms with Crippen LogP contribution in [0, 0.1) is 17.0 Å². The number of non-ortho nitro benzene ring substituents is 1. The van der Waals surface area contributed by atoms with Gasteiger partial charge in [-0.05, 0) is 36.8 Å². The average Bonchev–Trinajstić information content (AvgIpc) is 3.13. The number of rotatable bonds is 4. The van der Waals surface area contributed by atoms with Crippen molar-refractivity contribution in [2.24, 2.45) is 0 Å². The number of nitrogens with one attached hydrogen (secondary N) is 1. The molecule has 0 radical (unpaired) electrons. The van der Waals surface area contributed by atoms with E-state index in [1.807, 2.05) is 31.2 Å². The maximum atomic E-state index is 12.7. The van der Waals surface area contributed by atoms with Gasteiger partial charge in [0.2, 0.25) is 0 Å². The van der Waals surface area contributed by atoms with Gasteiger partial charge in [0.25, 0.3) is 11.6 Å². The van der Waals surface area contributed by atoms with Gasteiger partial charge in [0.05, 0.1) is 15.5 Å². The first-order valence-electron chi connectivity index (χ1n) is 8.51. The second kappa shape index (κ2) is 7.57. The number of benzene rings is 2. The van der Waals surface area contributed by atoms with E-state index in [1.165, 1.54) is 23.5 Å². The second-order valence-corrected chi connectivity index (χ2v) is 7.58. The first-order chi connectivity index (χ1) is 13.9. The zero-order chi connectivity index (χ0) is 20.5. The Morgan fingerprint density at radius 3 is 2.76 bits per heavy atom. The molecule has 4 rings (SSSR count). The molecule has 9 heteroatoms. The van der Waals surface area contributed by atoms with Crippen LogP contribution >= 0.6 is 22.9 Å². The Morgan fingerprint density at radius 2 is 2.03 bits per heavy atom. The number of carbonyl (C=O) groups excluding carboxylic acids is 1. The van der Waals surface area contributed by atoms with Gasteiger partial charge in [0.1, 0.15) is 15.4 Å². The van der Waals surface area contributed by atoms with Crippen LogP contribution in [0.1, 0.15) is 15.9 Å². The number of nitrogens with zero attached hydrogens (tertiary/aromatic N) is 3. The van der Waals surface area contributed by atoms with Gasteiger partial charge in [0.15, 0.2) is 0 Å². The Labute approximate surface area is 174 Å². The normalized spacial score (nSPS) is 10.8. The minimum atomic E-state index is -0.561. The van der Waals surface area contributed by atoms with E-state index in [0.29, 0.717) is 5.69 Å². The summed E-state index contributed by atoms with van der Waals surface area (Å²) in [5, 5.41) is 14.5. The maximum absolute atomic E-state index is 12.7. The first-order valence-corrected chi connectivity index (χ1v) is 9.70. The van der Waals surface area contributed by atoms with Gasteiger partial charge in [-0.3, -0.25) is 14.9 Å². The van der Waals surface area contributed by atoms with E-state index in [1.54, 1.807) is 12.3 Å². The number of aromatic nitrogens is 2. The van der Waals surface area contributed by atoms with E-state index in [-0.39, 0.29) is 16.3 Å². The van der Waals surface area contributed by atoms with E-state index < -0.39 is 10.8 Å². The van der Waals surface area contributed by atoms with Crippen molar-refractivity contribution in [1.82, 2.24) is 9.97 Å². The fourth-order valence-electron chi connectivity index (χ4n) is 2.88. The highest BCUT2D eigenvalue weighted by molar-refractivity contribution is 7.21. The molecule has 0 unspecified atom stereocenters. The van der Waals surface area contributed by atoms with Crippen LogP contribution < -0.4 is 5.32 Å². The number of nitro benzene ring substituents is 1. The van der Waals surface area contributed by atoms with Crippen molar-refractivity contribution in [2.45, 2.75) is 6.92 Å². The summed E-state index contributed by atoms with van der Waals surface area (Å²) in [6.07, 6.45) is 1.72. The molecule has 0 saturated heterocycles.